The molecule has 1 rings (SSSR count). The highest BCUT2D eigenvalue weighted by Crippen LogP contribution is 2.20. The van der Waals surface area contributed by atoms with Crippen LogP contribution in [0, 0.1) is 0 Å². The van der Waals surface area contributed by atoms with Crippen LogP contribution < -0.4 is 0 Å². The second-order valence-electron chi connectivity index (χ2n) is 3.12. The first-order valence-electron chi connectivity index (χ1n) is 5.03. The molecule has 0 radical (unpaired) electrons. The van der Waals surface area contributed by atoms with Crippen LogP contribution in [0.5, 0.6) is 0 Å². The Balaban J connectivity index is 2.62. The van der Waals surface area contributed by atoms with Crippen molar-refractivity contribution in [2.45, 2.75) is 31.2 Å². The molecular formula is C10H15BrN2OS. The lowest BCUT2D eigenvalue weighted by Gasteiger charge is -2.03. The molecule has 0 aromatic carbocycles. The molecule has 0 unspecified atom stereocenters. The van der Waals surface area contributed by atoms with Crippen molar-refractivity contribution in [1.82, 2.24) is 9.97 Å². The second-order valence-corrected chi connectivity index (χ2v) is 5.05. The smallest absolute Gasteiger partial charge is 0.130 e. The van der Waals surface area contributed by atoms with Gasteiger partial charge >= 0.3 is 0 Å². The van der Waals surface area contributed by atoms with E-state index in [1.54, 1.807) is 11.8 Å². The first kappa shape index (κ1) is 12.9. The third kappa shape index (κ3) is 4.95. The minimum absolute atomic E-state index is 0.237. The number of rotatable bonds is 6. The Morgan fingerprint density at radius 3 is 2.93 bits per heavy atom. The first-order valence-corrected chi connectivity index (χ1v) is 6.81. The van der Waals surface area contributed by atoms with Gasteiger partial charge in [-0.25, -0.2) is 9.97 Å². The molecule has 3 nitrogen and oxygen atoms in total. The molecule has 0 saturated carbocycles. The summed E-state index contributed by atoms with van der Waals surface area (Å²) < 4.78 is 0.840. The number of aliphatic hydroxyl groups excluding tert-OH is 1. The molecule has 0 fully saturated rings. The molecule has 1 aromatic heterocycles. The highest BCUT2D eigenvalue weighted by atomic mass is 79.9. The molecule has 5 heteroatoms. The van der Waals surface area contributed by atoms with Crippen molar-refractivity contribution in [2.75, 3.05) is 12.4 Å². The van der Waals surface area contributed by atoms with Gasteiger partial charge < -0.3 is 5.11 Å². The molecule has 0 atom stereocenters. The van der Waals surface area contributed by atoms with E-state index in [2.05, 4.69) is 32.8 Å². The summed E-state index contributed by atoms with van der Waals surface area (Å²) in [5.74, 6) is 1.78. The number of halogens is 1. The van der Waals surface area contributed by atoms with Gasteiger partial charge in [0.15, 0.2) is 0 Å². The van der Waals surface area contributed by atoms with Crippen LogP contribution in [0.3, 0.4) is 0 Å². The molecule has 0 aliphatic rings. The summed E-state index contributed by atoms with van der Waals surface area (Å²) in [5, 5.41) is 9.66. The lowest BCUT2D eigenvalue weighted by molar-refractivity contribution is 0.296. The molecular weight excluding hydrogens is 276 g/mol. The van der Waals surface area contributed by atoms with Gasteiger partial charge in [0.1, 0.15) is 15.5 Å². The maximum atomic E-state index is 8.68. The molecule has 0 aliphatic carbocycles. The Bertz CT molecular complexity index is 309. The minimum Gasteiger partial charge on any atom is -0.396 e. The van der Waals surface area contributed by atoms with Crippen molar-refractivity contribution in [2.24, 2.45) is 0 Å². The van der Waals surface area contributed by atoms with Crippen molar-refractivity contribution < 1.29 is 5.11 Å². The van der Waals surface area contributed by atoms with Crippen LogP contribution in [0.25, 0.3) is 0 Å². The molecule has 1 aromatic rings. The zero-order valence-corrected chi connectivity index (χ0v) is 11.1. The lowest BCUT2D eigenvalue weighted by atomic mass is 10.3. The predicted octanol–water partition coefficient (Wildman–Crippen LogP) is 2.67. The van der Waals surface area contributed by atoms with Crippen LogP contribution in [0.4, 0.5) is 0 Å². The Morgan fingerprint density at radius 2 is 2.27 bits per heavy atom. The topological polar surface area (TPSA) is 46.0 Å². The average molecular weight is 291 g/mol. The summed E-state index contributed by atoms with van der Waals surface area (Å²) in [6.45, 7) is 2.35. The van der Waals surface area contributed by atoms with E-state index in [1.807, 2.05) is 6.07 Å². The fourth-order valence-electron chi connectivity index (χ4n) is 1.09. The average Bonchev–Trinajstić information content (AvgIpc) is 2.18. The van der Waals surface area contributed by atoms with Gasteiger partial charge in [-0.05, 0) is 28.8 Å². The summed E-state index contributed by atoms with van der Waals surface area (Å²) >= 11 is 5.04. The van der Waals surface area contributed by atoms with E-state index in [9.17, 15) is 0 Å². The van der Waals surface area contributed by atoms with Crippen molar-refractivity contribution in [3.05, 3.63) is 16.5 Å². The van der Waals surface area contributed by atoms with Crippen LogP contribution >= 0.6 is 27.7 Å². The first-order chi connectivity index (χ1) is 7.26. The fourth-order valence-corrected chi connectivity index (χ4v) is 2.51. The summed E-state index contributed by atoms with van der Waals surface area (Å²) in [5.41, 5.74) is 0. The maximum Gasteiger partial charge on any atom is 0.130 e. The Morgan fingerprint density at radius 1 is 1.47 bits per heavy atom. The van der Waals surface area contributed by atoms with Crippen LogP contribution in [0.2, 0.25) is 0 Å². The summed E-state index contributed by atoms with van der Waals surface area (Å²) in [7, 11) is 0. The number of hydrogen-bond acceptors (Lipinski definition) is 4. The molecule has 0 spiro atoms. The van der Waals surface area contributed by atoms with Crippen LogP contribution in [0.1, 0.15) is 25.6 Å². The zero-order valence-electron chi connectivity index (χ0n) is 8.74. The van der Waals surface area contributed by atoms with Crippen LogP contribution in [-0.4, -0.2) is 27.4 Å². The van der Waals surface area contributed by atoms with E-state index in [4.69, 9.17) is 5.11 Å². The zero-order chi connectivity index (χ0) is 11.1. The molecule has 15 heavy (non-hydrogen) atoms. The Hall–Kier alpha value is -0.130. The van der Waals surface area contributed by atoms with E-state index in [1.165, 1.54) is 0 Å². The normalized spacial score (nSPS) is 10.6. The molecule has 84 valence electrons. The molecule has 0 bridgehead atoms. The predicted molar refractivity (Wildman–Crippen MR) is 66.2 cm³/mol. The van der Waals surface area contributed by atoms with Gasteiger partial charge in [0, 0.05) is 24.8 Å². The molecule has 0 aliphatic heterocycles. The largest absolute Gasteiger partial charge is 0.396 e. The second kappa shape index (κ2) is 7.19. The quantitative estimate of drug-likeness (QED) is 0.497. The van der Waals surface area contributed by atoms with E-state index in [0.29, 0.717) is 0 Å². The Kier molecular flexibility index (Phi) is 6.20. The lowest BCUT2D eigenvalue weighted by Crippen LogP contribution is -1.97. The van der Waals surface area contributed by atoms with Crippen molar-refractivity contribution >= 4 is 27.7 Å². The van der Waals surface area contributed by atoms with Crippen LogP contribution in [0.15, 0.2) is 15.7 Å². The maximum absolute atomic E-state index is 8.68. The van der Waals surface area contributed by atoms with E-state index < -0.39 is 0 Å². The van der Waals surface area contributed by atoms with Crippen molar-refractivity contribution in [3.8, 4) is 0 Å². The van der Waals surface area contributed by atoms with Gasteiger partial charge in [0.2, 0.25) is 0 Å². The summed E-state index contributed by atoms with van der Waals surface area (Å²) in [6, 6.07) is 1.92. The van der Waals surface area contributed by atoms with Crippen LogP contribution in [-0.2, 0) is 6.42 Å². The van der Waals surface area contributed by atoms with E-state index in [0.717, 1.165) is 40.5 Å². The van der Waals surface area contributed by atoms with Gasteiger partial charge in [0.25, 0.3) is 0 Å². The third-order valence-corrected chi connectivity index (χ3v) is 3.15. The molecule has 0 saturated heterocycles. The summed E-state index contributed by atoms with van der Waals surface area (Å²) in [4.78, 5) is 8.73. The van der Waals surface area contributed by atoms with Gasteiger partial charge in [-0.2, -0.15) is 0 Å². The van der Waals surface area contributed by atoms with E-state index in [-0.39, 0.29) is 6.61 Å². The minimum atomic E-state index is 0.237. The third-order valence-electron chi connectivity index (χ3n) is 1.74. The number of aliphatic hydroxyl groups is 1. The number of aryl methyl sites for hydroxylation is 1. The molecule has 1 heterocycles. The standard InChI is InChI=1S/C10H15BrN2OS/c1-2-4-9-12-8(11)7-10(13-9)15-6-3-5-14/h7,14H,2-6H2,1H3. The molecule has 1 N–H and O–H groups in total. The van der Waals surface area contributed by atoms with Gasteiger partial charge in [-0.15, -0.1) is 11.8 Å². The number of hydrogen-bond donors (Lipinski definition) is 1. The highest BCUT2D eigenvalue weighted by molar-refractivity contribution is 9.10. The Labute approximate surface area is 103 Å². The fraction of sp³-hybridized carbons (Fsp3) is 0.600. The number of aromatic nitrogens is 2. The monoisotopic (exact) mass is 290 g/mol. The van der Waals surface area contributed by atoms with Crippen molar-refractivity contribution in [1.29, 1.82) is 0 Å². The highest BCUT2D eigenvalue weighted by Gasteiger charge is 2.02. The van der Waals surface area contributed by atoms with Gasteiger partial charge in [-0.1, -0.05) is 6.92 Å². The van der Waals surface area contributed by atoms with E-state index >= 15 is 0 Å². The SMILES string of the molecule is CCCc1nc(Br)cc(SCCCO)n1. The summed E-state index contributed by atoms with van der Waals surface area (Å²) in [6.07, 6.45) is 2.76. The number of nitrogens with zero attached hydrogens (tertiary/aromatic N) is 2. The van der Waals surface area contributed by atoms with Crippen molar-refractivity contribution in [3.63, 3.8) is 0 Å². The van der Waals surface area contributed by atoms with Gasteiger partial charge in [-0.3, -0.25) is 0 Å². The molecule has 0 amide bonds. The number of thioether (sulfide) groups is 1. The van der Waals surface area contributed by atoms with Gasteiger partial charge in [0.05, 0.1) is 0 Å².